The van der Waals surface area contributed by atoms with Gasteiger partial charge in [0.05, 0.1) is 0 Å². The molecule has 2 rings (SSSR count). The molecule has 2 heterocycles. The van der Waals surface area contributed by atoms with Gasteiger partial charge in [-0.3, -0.25) is 0 Å². The summed E-state index contributed by atoms with van der Waals surface area (Å²) in [5.74, 6) is 0. The Morgan fingerprint density at radius 2 is 2.25 bits per heavy atom. The molecule has 86 valence electrons. The molecule has 0 saturated carbocycles. The van der Waals surface area contributed by atoms with Crippen LogP contribution in [0.3, 0.4) is 0 Å². The average molecular weight is 251 g/mol. The summed E-state index contributed by atoms with van der Waals surface area (Å²) in [6, 6.07) is 4.81. The highest BCUT2D eigenvalue weighted by Crippen LogP contribution is 2.26. The van der Waals surface area contributed by atoms with Crippen LogP contribution in [-0.4, -0.2) is 6.54 Å². The zero-order chi connectivity index (χ0) is 11.4. The first-order valence-corrected chi connectivity index (χ1v) is 7.42. The predicted octanol–water partition coefficient (Wildman–Crippen LogP) is 4.01. The molecule has 0 spiro atoms. The molecule has 0 radical (unpaired) electrons. The molecule has 0 aliphatic rings. The second-order valence-corrected chi connectivity index (χ2v) is 5.68. The van der Waals surface area contributed by atoms with Crippen molar-refractivity contribution in [3.63, 3.8) is 0 Å². The fraction of sp³-hybridized carbons (Fsp3) is 0.385. The fourth-order valence-corrected chi connectivity index (χ4v) is 3.55. The molecule has 1 N–H and O–H groups in total. The number of rotatable bonds is 5. The number of hydrogen-bond donors (Lipinski definition) is 1. The minimum atomic E-state index is 0.467. The van der Waals surface area contributed by atoms with E-state index >= 15 is 0 Å². The van der Waals surface area contributed by atoms with Gasteiger partial charge in [0.25, 0.3) is 0 Å². The first kappa shape index (κ1) is 11.8. The lowest BCUT2D eigenvalue weighted by molar-refractivity contribution is 0.552. The molecular weight excluding hydrogens is 234 g/mol. The molecule has 16 heavy (non-hydrogen) atoms. The Kier molecular flexibility index (Phi) is 4.16. The van der Waals surface area contributed by atoms with E-state index in [-0.39, 0.29) is 0 Å². The molecule has 1 nitrogen and oxygen atoms in total. The van der Waals surface area contributed by atoms with Crippen molar-refractivity contribution in [2.24, 2.45) is 0 Å². The molecule has 0 aliphatic carbocycles. The Morgan fingerprint density at radius 3 is 2.81 bits per heavy atom. The van der Waals surface area contributed by atoms with Crippen LogP contribution in [0.5, 0.6) is 0 Å². The fourth-order valence-electron chi connectivity index (χ4n) is 1.90. The van der Waals surface area contributed by atoms with Gasteiger partial charge in [0.15, 0.2) is 0 Å². The van der Waals surface area contributed by atoms with Gasteiger partial charge in [0.1, 0.15) is 0 Å². The molecule has 0 saturated heterocycles. The van der Waals surface area contributed by atoms with Gasteiger partial charge in [-0.15, -0.1) is 11.3 Å². The summed E-state index contributed by atoms with van der Waals surface area (Å²) in [5, 5.41) is 10.2. The Balaban J connectivity index is 2.14. The van der Waals surface area contributed by atoms with Gasteiger partial charge in [-0.2, -0.15) is 11.3 Å². The van der Waals surface area contributed by atoms with E-state index in [9.17, 15) is 0 Å². The van der Waals surface area contributed by atoms with Gasteiger partial charge in [-0.1, -0.05) is 13.0 Å². The minimum absolute atomic E-state index is 0.467. The van der Waals surface area contributed by atoms with Crippen molar-refractivity contribution in [2.45, 2.75) is 26.3 Å². The summed E-state index contributed by atoms with van der Waals surface area (Å²) in [7, 11) is 0. The minimum Gasteiger partial charge on any atom is -0.310 e. The Bertz CT molecular complexity index is 417. The molecule has 2 aromatic rings. The molecule has 2 aromatic heterocycles. The average Bonchev–Trinajstić information content (AvgIpc) is 2.88. The lowest BCUT2D eigenvalue weighted by Crippen LogP contribution is -2.22. The third-order valence-corrected chi connectivity index (χ3v) is 4.48. The van der Waals surface area contributed by atoms with Crippen LogP contribution in [0.2, 0.25) is 0 Å². The quantitative estimate of drug-likeness (QED) is 0.846. The topological polar surface area (TPSA) is 12.0 Å². The molecule has 0 fully saturated rings. The number of likely N-dealkylation sites (N-methyl/N-ethyl adjacent to an activating group) is 1. The lowest BCUT2D eigenvalue weighted by atomic mass is 10.0. The van der Waals surface area contributed by atoms with Crippen molar-refractivity contribution in [3.05, 3.63) is 44.3 Å². The van der Waals surface area contributed by atoms with Crippen molar-refractivity contribution < 1.29 is 0 Å². The first-order chi connectivity index (χ1) is 7.81. The van der Waals surface area contributed by atoms with Crippen LogP contribution in [-0.2, 0) is 6.42 Å². The second-order valence-electron chi connectivity index (χ2n) is 3.90. The molecule has 1 atom stereocenters. The van der Waals surface area contributed by atoms with Gasteiger partial charge < -0.3 is 5.32 Å². The molecule has 3 heteroatoms. The summed E-state index contributed by atoms with van der Waals surface area (Å²) in [6.07, 6.45) is 1.10. The lowest BCUT2D eigenvalue weighted by Gasteiger charge is -2.17. The number of nitrogens with one attached hydrogen (secondary N) is 1. The predicted molar refractivity (Wildman–Crippen MR) is 73.5 cm³/mol. The Hall–Kier alpha value is -0.640. The number of thiophene rings is 2. The third kappa shape index (κ3) is 2.73. The summed E-state index contributed by atoms with van der Waals surface area (Å²) in [4.78, 5) is 1.46. The smallest absolute Gasteiger partial charge is 0.0379 e. The highest BCUT2D eigenvalue weighted by Gasteiger charge is 2.14. The van der Waals surface area contributed by atoms with Gasteiger partial charge in [0.2, 0.25) is 0 Å². The van der Waals surface area contributed by atoms with Gasteiger partial charge >= 0.3 is 0 Å². The largest absolute Gasteiger partial charge is 0.310 e. The van der Waals surface area contributed by atoms with E-state index in [4.69, 9.17) is 0 Å². The van der Waals surface area contributed by atoms with Crippen LogP contribution < -0.4 is 5.32 Å². The molecule has 0 aromatic carbocycles. The summed E-state index contributed by atoms with van der Waals surface area (Å²) in [6.45, 7) is 5.39. The van der Waals surface area contributed by atoms with Crippen LogP contribution in [0.25, 0.3) is 0 Å². The molecule has 1 unspecified atom stereocenters. The van der Waals surface area contributed by atoms with E-state index in [1.54, 1.807) is 11.3 Å². The zero-order valence-corrected chi connectivity index (χ0v) is 11.3. The monoisotopic (exact) mass is 251 g/mol. The van der Waals surface area contributed by atoms with Crippen molar-refractivity contribution in [1.29, 1.82) is 0 Å². The first-order valence-electron chi connectivity index (χ1n) is 5.59. The van der Waals surface area contributed by atoms with Crippen LogP contribution in [0.4, 0.5) is 0 Å². The van der Waals surface area contributed by atoms with Gasteiger partial charge in [-0.05, 0) is 46.8 Å². The van der Waals surface area contributed by atoms with Crippen molar-refractivity contribution >= 4 is 22.7 Å². The van der Waals surface area contributed by atoms with Crippen molar-refractivity contribution in [3.8, 4) is 0 Å². The van der Waals surface area contributed by atoms with Crippen LogP contribution in [0.1, 0.15) is 29.0 Å². The van der Waals surface area contributed by atoms with E-state index in [0.29, 0.717) is 6.04 Å². The maximum absolute atomic E-state index is 3.58. The van der Waals surface area contributed by atoms with Gasteiger partial charge in [-0.25, -0.2) is 0 Å². The Labute approximate surface area is 105 Å². The van der Waals surface area contributed by atoms with Crippen LogP contribution >= 0.6 is 22.7 Å². The van der Waals surface area contributed by atoms with E-state index in [0.717, 1.165) is 13.0 Å². The SMILES string of the molecule is CCNC(Cc1cccs1)c1cscc1C. The Morgan fingerprint density at radius 1 is 1.38 bits per heavy atom. The van der Waals surface area contributed by atoms with E-state index in [1.807, 2.05) is 11.3 Å². The second kappa shape index (κ2) is 5.62. The normalized spacial score (nSPS) is 12.9. The maximum atomic E-state index is 3.58. The standard InChI is InChI=1S/C13H17NS2/c1-3-14-13(7-11-5-4-6-16-11)12-9-15-8-10(12)2/h4-6,8-9,13-14H,3,7H2,1-2H3. The molecule has 0 bridgehead atoms. The number of hydrogen-bond acceptors (Lipinski definition) is 3. The van der Waals surface area contributed by atoms with Gasteiger partial charge in [0, 0.05) is 17.3 Å². The number of aryl methyl sites for hydroxylation is 1. The summed E-state index contributed by atoms with van der Waals surface area (Å²) >= 11 is 3.64. The van der Waals surface area contributed by atoms with E-state index in [1.165, 1.54) is 16.0 Å². The zero-order valence-electron chi connectivity index (χ0n) is 9.69. The van der Waals surface area contributed by atoms with Crippen LogP contribution in [0.15, 0.2) is 28.3 Å². The summed E-state index contributed by atoms with van der Waals surface area (Å²) in [5.41, 5.74) is 2.87. The maximum Gasteiger partial charge on any atom is 0.0379 e. The highest BCUT2D eigenvalue weighted by atomic mass is 32.1. The molecular formula is C13H17NS2. The third-order valence-electron chi connectivity index (χ3n) is 2.71. The van der Waals surface area contributed by atoms with Crippen molar-refractivity contribution in [2.75, 3.05) is 6.54 Å². The summed E-state index contributed by atoms with van der Waals surface area (Å²) < 4.78 is 0. The van der Waals surface area contributed by atoms with E-state index < -0.39 is 0 Å². The van der Waals surface area contributed by atoms with Crippen LogP contribution in [0, 0.1) is 6.92 Å². The molecule has 0 amide bonds. The highest BCUT2D eigenvalue weighted by molar-refractivity contribution is 7.10. The van der Waals surface area contributed by atoms with E-state index in [2.05, 4.69) is 47.4 Å². The van der Waals surface area contributed by atoms with Crippen molar-refractivity contribution in [1.82, 2.24) is 5.32 Å². The molecule has 0 aliphatic heterocycles.